The van der Waals surface area contributed by atoms with Crippen molar-refractivity contribution < 1.29 is 19.1 Å². The topological polar surface area (TPSA) is 55.8 Å². The van der Waals surface area contributed by atoms with E-state index in [1.807, 2.05) is 4.90 Å². The van der Waals surface area contributed by atoms with E-state index in [1.165, 1.54) is 39.2 Å². The molecule has 1 atom stereocenters. The predicted molar refractivity (Wildman–Crippen MR) is 83.4 cm³/mol. The number of carbonyl (C=O) groups excluding carboxylic acids is 2. The van der Waals surface area contributed by atoms with Crippen LogP contribution in [0.5, 0.6) is 0 Å². The van der Waals surface area contributed by atoms with E-state index in [1.54, 1.807) is 0 Å². The van der Waals surface area contributed by atoms with E-state index in [9.17, 15) is 9.59 Å². The van der Waals surface area contributed by atoms with Crippen LogP contribution in [0.1, 0.15) is 57.8 Å². The molecule has 1 aliphatic heterocycles. The highest BCUT2D eigenvalue weighted by atomic mass is 16.5. The van der Waals surface area contributed by atoms with Crippen LogP contribution in [0.15, 0.2) is 0 Å². The van der Waals surface area contributed by atoms with E-state index >= 15 is 0 Å². The predicted octanol–water partition coefficient (Wildman–Crippen LogP) is 2.53. The number of hydrogen-bond donors (Lipinski definition) is 0. The van der Waals surface area contributed by atoms with Gasteiger partial charge in [-0.15, -0.1) is 0 Å². The minimum atomic E-state index is -0.245. The molecule has 2 fully saturated rings. The van der Waals surface area contributed by atoms with Gasteiger partial charge in [-0.3, -0.25) is 9.59 Å². The van der Waals surface area contributed by atoms with E-state index in [0.717, 1.165) is 12.3 Å². The first-order chi connectivity index (χ1) is 10.7. The third kappa shape index (κ3) is 5.59. The van der Waals surface area contributed by atoms with Gasteiger partial charge in [-0.25, -0.2) is 0 Å². The van der Waals surface area contributed by atoms with Crippen LogP contribution in [-0.2, 0) is 19.1 Å². The molecular formula is C17H29NO4. The second-order valence-electron chi connectivity index (χ2n) is 6.50. The van der Waals surface area contributed by atoms with Crippen molar-refractivity contribution in [3.8, 4) is 0 Å². The summed E-state index contributed by atoms with van der Waals surface area (Å²) in [7, 11) is 1.38. The summed E-state index contributed by atoms with van der Waals surface area (Å²) >= 11 is 0. The fourth-order valence-corrected chi connectivity index (χ4v) is 3.53. The van der Waals surface area contributed by atoms with Gasteiger partial charge < -0.3 is 14.4 Å². The van der Waals surface area contributed by atoms with Gasteiger partial charge in [0, 0.05) is 25.9 Å². The molecule has 0 bridgehead atoms. The van der Waals surface area contributed by atoms with Crippen molar-refractivity contribution in [3.63, 3.8) is 0 Å². The summed E-state index contributed by atoms with van der Waals surface area (Å²) in [5.74, 6) is 0.666. The number of morpholine rings is 1. The summed E-state index contributed by atoms with van der Waals surface area (Å²) in [5.41, 5.74) is 0. The molecule has 1 aliphatic carbocycles. The minimum absolute atomic E-state index is 0.140. The van der Waals surface area contributed by atoms with Gasteiger partial charge >= 0.3 is 5.97 Å². The van der Waals surface area contributed by atoms with Crippen molar-refractivity contribution >= 4 is 11.9 Å². The Bertz CT molecular complexity index is 366. The van der Waals surface area contributed by atoms with Gasteiger partial charge in [0.1, 0.15) is 0 Å². The van der Waals surface area contributed by atoms with Gasteiger partial charge in [-0.1, -0.05) is 32.1 Å². The lowest BCUT2D eigenvalue weighted by molar-refractivity contribution is -0.142. The molecule has 2 aliphatic rings. The zero-order valence-electron chi connectivity index (χ0n) is 13.7. The Labute approximate surface area is 133 Å². The third-order valence-corrected chi connectivity index (χ3v) is 4.81. The fraction of sp³-hybridized carbons (Fsp3) is 0.882. The zero-order chi connectivity index (χ0) is 15.8. The van der Waals surface area contributed by atoms with Crippen molar-refractivity contribution in [2.75, 3.05) is 26.8 Å². The zero-order valence-corrected chi connectivity index (χ0v) is 13.7. The molecule has 0 radical (unpaired) electrons. The monoisotopic (exact) mass is 311 g/mol. The highest BCUT2D eigenvalue weighted by Gasteiger charge is 2.27. The molecule has 1 amide bonds. The van der Waals surface area contributed by atoms with E-state index in [-0.39, 0.29) is 18.0 Å². The maximum absolute atomic E-state index is 12.2. The second kappa shape index (κ2) is 9.13. The van der Waals surface area contributed by atoms with Crippen LogP contribution >= 0.6 is 0 Å². The molecule has 0 aromatic rings. The number of carbonyl (C=O) groups is 2. The second-order valence-corrected chi connectivity index (χ2v) is 6.50. The standard InChI is InChI=1S/C17H29NO4/c1-21-17(20)9-5-8-16(19)18-10-11-22-15(13-18)12-14-6-3-2-4-7-14/h14-15H,2-13H2,1H3. The summed E-state index contributed by atoms with van der Waals surface area (Å²) in [6, 6.07) is 0. The van der Waals surface area contributed by atoms with Crippen molar-refractivity contribution in [3.05, 3.63) is 0 Å². The summed E-state index contributed by atoms with van der Waals surface area (Å²) in [4.78, 5) is 25.2. The first-order valence-corrected chi connectivity index (χ1v) is 8.65. The van der Waals surface area contributed by atoms with E-state index in [0.29, 0.717) is 39.0 Å². The number of rotatable bonds is 6. The molecule has 2 rings (SSSR count). The summed E-state index contributed by atoms with van der Waals surface area (Å²) in [6.07, 6.45) is 9.26. The molecule has 5 nitrogen and oxygen atoms in total. The smallest absolute Gasteiger partial charge is 0.305 e. The summed E-state index contributed by atoms with van der Waals surface area (Å²) in [5, 5.41) is 0. The number of hydrogen-bond acceptors (Lipinski definition) is 4. The highest BCUT2D eigenvalue weighted by molar-refractivity contribution is 5.77. The molecular weight excluding hydrogens is 282 g/mol. The highest BCUT2D eigenvalue weighted by Crippen LogP contribution is 2.29. The van der Waals surface area contributed by atoms with Crippen LogP contribution in [0.4, 0.5) is 0 Å². The van der Waals surface area contributed by atoms with Crippen LogP contribution in [0.25, 0.3) is 0 Å². The van der Waals surface area contributed by atoms with Crippen LogP contribution < -0.4 is 0 Å². The van der Waals surface area contributed by atoms with Gasteiger partial charge in [-0.05, 0) is 18.8 Å². The number of nitrogens with zero attached hydrogens (tertiary/aromatic N) is 1. The van der Waals surface area contributed by atoms with Gasteiger partial charge in [0.05, 0.1) is 19.8 Å². The Hall–Kier alpha value is -1.10. The largest absolute Gasteiger partial charge is 0.469 e. The molecule has 0 aromatic carbocycles. The maximum Gasteiger partial charge on any atom is 0.305 e. The number of ether oxygens (including phenoxy) is 2. The van der Waals surface area contributed by atoms with Crippen LogP contribution in [0.2, 0.25) is 0 Å². The summed E-state index contributed by atoms with van der Waals surface area (Å²) in [6.45, 7) is 2.03. The Morgan fingerprint density at radius 3 is 2.68 bits per heavy atom. The van der Waals surface area contributed by atoms with Crippen LogP contribution in [0, 0.1) is 5.92 Å². The van der Waals surface area contributed by atoms with Gasteiger partial charge in [0.25, 0.3) is 0 Å². The van der Waals surface area contributed by atoms with Crippen LogP contribution in [0.3, 0.4) is 0 Å². The molecule has 0 aromatic heterocycles. The lowest BCUT2D eigenvalue weighted by Gasteiger charge is -2.35. The van der Waals surface area contributed by atoms with Crippen molar-refractivity contribution in [2.24, 2.45) is 5.92 Å². The molecule has 5 heteroatoms. The normalized spacial score (nSPS) is 23.3. The average molecular weight is 311 g/mol. The van der Waals surface area contributed by atoms with E-state index in [4.69, 9.17) is 4.74 Å². The minimum Gasteiger partial charge on any atom is -0.469 e. The Kier molecular flexibility index (Phi) is 7.16. The van der Waals surface area contributed by atoms with E-state index < -0.39 is 0 Å². The average Bonchev–Trinajstić information content (AvgIpc) is 2.55. The maximum atomic E-state index is 12.2. The van der Waals surface area contributed by atoms with Crippen LogP contribution in [-0.4, -0.2) is 49.7 Å². The molecule has 1 saturated carbocycles. The summed E-state index contributed by atoms with van der Waals surface area (Å²) < 4.78 is 10.4. The SMILES string of the molecule is COC(=O)CCCC(=O)N1CCOC(CC2CCCCC2)C1. The van der Waals surface area contributed by atoms with Gasteiger partial charge in [0.15, 0.2) is 0 Å². The van der Waals surface area contributed by atoms with Gasteiger partial charge in [0.2, 0.25) is 5.91 Å². The van der Waals surface area contributed by atoms with Crippen molar-refractivity contribution in [1.82, 2.24) is 4.90 Å². The lowest BCUT2D eigenvalue weighted by atomic mass is 9.85. The Morgan fingerprint density at radius 2 is 1.95 bits per heavy atom. The Morgan fingerprint density at radius 1 is 1.18 bits per heavy atom. The molecule has 1 saturated heterocycles. The first kappa shape index (κ1) is 17.3. The Balaban J connectivity index is 1.69. The number of esters is 1. The molecule has 0 spiro atoms. The van der Waals surface area contributed by atoms with Gasteiger partial charge in [-0.2, -0.15) is 0 Å². The van der Waals surface area contributed by atoms with E-state index in [2.05, 4.69) is 4.74 Å². The van der Waals surface area contributed by atoms with Crippen molar-refractivity contribution in [1.29, 1.82) is 0 Å². The number of methoxy groups -OCH3 is 1. The third-order valence-electron chi connectivity index (χ3n) is 4.81. The lowest BCUT2D eigenvalue weighted by Crippen LogP contribution is -2.46. The molecule has 126 valence electrons. The molecule has 1 unspecified atom stereocenters. The quantitative estimate of drug-likeness (QED) is 0.707. The number of amides is 1. The fourth-order valence-electron chi connectivity index (χ4n) is 3.53. The van der Waals surface area contributed by atoms with Crippen molar-refractivity contribution in [2.45, 2.75) is 63.9 Å². The molecule has 22 heavy (non-hydrogen) atoms. The first-order valence-electron chi connectivity index (χ1n) is 8.65. The molecule has 0 N–H and O–H groups in total. The molecule has 1 heterocycles.